The molecule has 0 saturated carbocycles. The van der Waals surface area contributed by atoms with Gasteiger partial charge < -0.3 is 26.8 Å². The van der Waals surface area contributed by atoms with E-state index in [4.69, 9.17) is 11.5 Å². The molecule has 0 radical (unpaired) electrons. The summed E-state index contributed by atoms with van der Waals surface area (Å²) < 4.78 is 0. The van der Waals surface area contributed by atoms with Gasteiger partial charge in [0.25, 0.3) is 0 Å². The van der Waals surface area contributed by atoms with Gasteiger partial charge >= 0.3 is 5.97 Å². The van der Waals surface area contributed by atoms with Crippen molar-refractivity contribution in [2.45, 2.75) is 18.9 Å². The Labute approximate surface area is 111 Å². The second-order valence-corrected chi connectivity index (χ2v) is 4.51. The van der Waals surface area contributed by atoms with Gasteiger partial charge in [-0.25, -0.2) is 9.78 Å². The molecule has 2 heterocycles. The first-order valence-corrected chi connectivity index (χ1v) is 6.33. The Morgan fingerprint density at radius 1 is 1.58 bits per heavy atom. The van der Waals surface area contributed by atoms with Crippen molar-refractivity contribution in [1.29, 1.82) is 0 Å². The Morgan fingerprint density at radius 2 is 2.37 bits per heavy atom. The van der Waals surface area contributed by atoms with E-state index in [0.717, 1.165) is 6.42 Å². The van der Waals surface area contributed by atoms with Crippen LogP contribution in [0.15, 0.2) is 12.1 Å². The van der Waals surface area contributed by atoms with E-state index in [1.165, 1.54) is 0 Å². The van der Waals surface area contributed by atoms with Crippen LogP contribution in [0.1, 0.15) is 12.8 Å². The molecular weight excluding hydrogens is 246 g/mol. The van der Waals surface area contributed by atoms with E-state index in [2.05, 4.69) is 10.3 Å². The molecule has 1 aliphatic heterocycles. The first kappa shape index (κ1) is 13.4. The van der Waals surface area contributed by atoms with Crippen LogP contribution >= 0.6 is 0 Å². The summed E-state index contributed by atoms with van der Waals surface area (Å²) in [4.78, 5) is 17.4. The molecule has 1 atom stereocenters. The zero-order chi connectivity index (χ0) is 13.8. The van der Waals surface area contributed by atoms with Crippen LogP contribution in [0.4, 0.5) is 17.3 Å². The Hall–Kier alpha value is -2.02. The maximum absolute atomic E-state index is 11.2. The van der Waals surface area contributed by atoms with Gasteiger partial charge in [-0.3, -0.25) is 0 Å². The molecule has 6 N–H and O–H groups in total. The van der Waals surface area contributed by atoms with Crippen molar-refractivity contribution in [2.75, 3.05) is 35.6 Å². The summed E-state index contributed by atoms with van der Waals surface area (Å²) in [6.45, 7) is 1.75. The predicted molar refractivity (Wildman–Crippen MR) is 74.2 cm³/mol. The summed E-state index contributed by atoms with van der Waals surface area (Å²) in [7, 11) is 0. The molecule has 0 spiro atoms. The summed E-state index contributed by atoms with van der Waals surface area (Å²) in [5.74, 6) is 0.380. The number of hydrogen-bond donors (Lipinski definition) is 4. The summed E-state index contributed by atoms with van der Waals surface area (Å²) in [6, 6.07) is 2.99. The minimum Gasteiger partial charge on any atom is -0.480 e. The third-order valence-corrected chi connectivity index (χ3v) is 3.18. The molecule has 0 amide bonds. The number of carboxylic acids is 1. The molecule has 0 bridgehead atoms. The highest BCUT2D eigenvalue weighted by molar-refractivity contribution is 5.79. The first-order chi connectivity index (χ1) is 9.13. The number of aliphatic carboxylic acids is 1. The quantitative estimate of drug-likeness (QED) is 0.595. The van der Waals surface area contributed by atoms with Crippen molar-refractivity contribution in [3.8, 4) is 0 Å². The third-order valence-electron chi connectivity index (χ3n) is 3.18. The summed E-state index contributed by atoms with van der Waals surface area (Å²) in [5, 5.41) is 12.2. The van der Waals surface area contributed by atoms with Crippen LogP contribution in [0.2, 0.25) is 0 Å². The van der Waals surface area contributed by atoms with Crippen LogP contribution < -0.4 is 21.7 Å². The number of nitrogens with zero attached hydrogens (tertiary/aromatic N) is 2. The average Bonchev–Trinajstić information content (AvgIpc) is 2.87. The molecule has 0 aromatic carbocycles. The maximum Gasteiger partial charge on any atom is 0.326 e. The number of pyridine rings is 1. The molecule has 7 nitrogen and oxygen atoms in total. The van der Waals surface area contributed by atoms with E-state index in [9.17, 15) is 9.90 Å². The maximum atomic E-state index is 11.2. The van der Waals surface area contributed by atoms with Gasteiger partial charge in [-0.15, -0.1) is 0 Å². The summed E-state index contributed by atoms with van der Waals surface area (Å²) in [5.41, 5.74) is 11.8. The number of nitrogens with two attached hydrogens (primary N) is 2. The Bertz CT molecular complexity index is 465. The fourth-order valence-corrected chi connectivity index (χ4v) is 2.25. The number of carbonyl (C=O) groups is 1. The zero-order valence-corrected chi connectivity index (χ0v) is 10.7. The third kappa shape index (κ3) is 2.87. The minimum absolute atomic E-state index is 0.479. The molecule has 0 aliphatic carbocycles. The van der Waals surface area contributed by atoms with Crippen molar-refractivity contribution >= 4 is 23.3 Å². The van der Waals surface area contributed by atoms with Crippen molar-refractivity contribution in [2.24, 2.45) is 5.73 Å². The Balaban J connectivity index is 2.22. The molecule has 1 unspecified atom stereocenters. The lowest BCUT2D eigenvalue weighted by Gasteiger charge is -2.23. The van der Waals surface area contributed by atoms with Crippen LogP contribution in [-0.4, -0.2) is 41.7 Å². The average molecular weight is 265 g/mol. The van der Waals surface area contributed by atoms with E-state index in [1.807, 2.05) is 0 Å². The van der Waals surface area contributed by atoms with E-state index in [0.29, 0.717) is 43.4 Å². The van der Waals surface area contributed by atoms with Crippen molar-refractivity contribution in [1.82, 2.24) is 4.98 Å². The smallest absolute Gasteiger partial charge is 0.326 e. The van der Waals surface area contributed by atoms with Crippen molar-refractivity contribution < 1.29 is 9.90 Å². The minimum atomic E-state index is -0.812. The molecule has 104 valence electrons. The van der Waals surface area contributed by atoms with Crippen molar-refractivity contribution in [3.63, 3.8) is 0 Å². The number of anilines is 3. The fourth-order valence-electron chi connectivity index (χ4n) is 2.25. The van der Waals surface area contributed by atoms with Crippen LogP contribution in [0.25, 0.3) is 0 Å². The second kappa shape index (κ2) is 5.75. The molecule has 19 heavy (non-hydrogen) atoms. The molecule has 7 heteroatoms. The number of rotatable bonds is 5. The van der Waals surface area contributed by atoms with Gasteiger partial charge in [0.2, 0.25) is 0 Å². The van der Waals surface area contributed by atoms with Gasteiger partial charge in [-0.1, -0.05) is 0 Å². The second-order valence-electron chi connectivity index (χ2n) is 4.51. The normalized spacial score (nSPS) is 18.6. The van der Waals surface area contributed by atoms with Crippen LogP contribution in [0, 0.1) is 0 Å². The number of aromatic nitrogens is 1. The van der Waals surface area contributed by atoms with Gasteiger partial charge in [-0.05, 0) is 25.0 Å². The molecule has 1 fully saturated rings. The lowest BCUT2D eigenvalue weighted by molar-refractivity contribution is -0.138. The summed E-state index contributed by atoms with van der Waals surface area (Å²) in [6.07, 6.45) is 1.50. The lowest BCUT2D eigenvalue weighted by Crippen LogP contribution is -2.36. The SMILES string of the molecule is NCCNc1nc(N2CCCC2C(=O)O)ccc1N. The van der Waals surface area contributed by atoms with Crippen LogP contribution in [0.5, 0.6) is 0 Å². The van der Waals surface area contributed by atoms with Gasteiger partial charge in [0, 0.05) is 19.6 Å². The highest BCUT2D eigenvalue weighted by Gasteiger charge is 2.31. The molecular formula is C12H19N5O2. The molecule has 1 saturated heterocycles. The van der Waals surface area contributed by atoms with E-state index < -0.39 is 12.0 Å². The first-order valence-electron chi connectivity index (χ1n) is 6.33. The molecule has 2 rings (SSSR count). The Kier molecular flexibility index (Phi) is 4.06. The van der Waals surface area contributed by atoms with E-state index >= 15 is 0 Å². The van der Waals surface area contributed by atoms with Crippen LogP contribution in [0.3, 0.4) is 0 Å². The number of nitrogen functional groups attached to an aromatic ring is 1. The van der Waals surface area contributed by atoms with Gasteiger partial charge in [0.05, 0.1) is 5.69 Å². The largest absolute Gasteiger partial charge is 0.480 e. The van der Waals surface area contributed by atoms with E-state index in [1.54, 1.807) is 17.0 Å². The highest BCUT2D eigenvalue weighted by Crippen LogP contribution is 2.27. The summed E-state index contributed by atoms with van der Waals surface area (Å²) >= 11 is 0. The number of nitrogens with one attached hydrogen (secondary N) is 1. The lowest BCUT2D eigenvalue weighted by atomic mass is 10.2. The topological polar surface area (TPSA) is 118 Å². The predicted octanol–water partition coefficient (Wildman–Crippen LogP) is 0.0878. The standard InChI is InChI=1S/C12H19N5O2/c13-5-6-15-11-8(14)3-4-10(16-11)17-7-1-2-9(17)12(18)19/h3-4,9H,1-2,5-7,13-14H2,(H,15,16)(H,18,19). The van der Waals surface area contributed by atoms with Gasteiger partial charge in [0.1, 0.15) is 11.9 Å². The zero-order valence-electron chi connectivity index (χ0n) is 10.7. The fraction of sp³-hybridized carbons (Fsp3) is 0.500. The Morgan fingerprint density at radius 3 is 3.05 bits per heavy atom. The van der Waals surface area contributed by atoms with E-state index in [-0.39, 0.29) is 0 Å². The van der Waals surface area contributed by atoms with Crippen LogP contribution in [-0.2, 0) is 4.79 Å². The van der Waals surface area contributed by atoms with Gasteiger partial charge in [-0.2, -0.15) is 0 Å². The highest BCUT2D eigenvalue weighted by atomic mass is 16.4. The van der Waals surface area contributed by atoms with Gasteiger partial charge in [0.15, 0.2) is 5.82 Å². The molecule has 1 aromatic heterocycles. The molecule has 1 aliphatic rings. The monoisotopic (exact) mass is 265 g/mol. The van der Waals surface area contributed by atoms with Crippen molar-refractivity contribution in [3.05, 3.63) is 12.1 Å². The number of hydrogen-bond acceptors (Lipinski definition) is 6. The number of carboxylic acid groups (broad SMARTS) is 1. The molecule has 1 aromatic rings.